The Labute approximate surface area is 167 Å². The van der Waals surface area contributed by atoms with E-state index in [-0.39, 0.29) is 0 Å². The first kappa shape index (κ1) is 23.7. The second kappa shape index (κ2) is 14.7. The van der Waals surface area contributed by atoms with Crippen molar-refractivity contribution in [3.8, 4) is 0 Å². The maximum atomic E-state index is 13.4. The number of hydrogen-bond donors (Lipinski definition) is 1. The third-order valence-electron chi connectivity index (χ3n) is 4.59. The smallest absolute Gasteiger partial charge is 0.143 e. The highest BCUT2D eigenvalue weighted by Gasteiger charge is 2.25. The van der Waals surface area contributed by atoms with Gasteiger partial charge >= 0.3 is 0 Å². The van der Waals surface area contributed by atoms with Gasteiger partial charge in [-0.05, 0) is 32.4 Å². The van der Waals surface area contributed by atoms with Crippen molar-refractivity contribution in [3.05, 3.63) is 60.7 Å². The van der Waals surface area contributed by atoms with E-state index >= 15 is 0 Å². The molecule has 27 heavy (non-hydrogen) atoms. The highest BCUT2D eigenvalue weighted by Crippen LogP contribution is 2.43. The summed E-state index contributed by atoms with van der Waals surface area (Å²) in [6.07, 6.45) is 8.09. The van der Waals surface area contributed by atoms with Gasteiger partial charge in [-0.25, -0.2) is 0 Å². The molecule has 0 atom stereocenters. The SMILES string of the molecule is CCCCNCCCC.CCCCP(=O)(c1ccccc1)c1ccccc1. The topological polar surface area (TPSA) is 29.1 Å². The Morgan fingerprint density at radius 1 is 0.667 bits per heavy atom. The van der Waals surface area contributed by atoms with Gasteiger partial charge in [-0.3, -0.25) is 0 Å². The van der Waals surface area contributed by atoms with Crippen LogP contribution < -0.4 is 15.9 Å². The van der Waals surface area contributed by atoms with Crippen molar-refractivity contribution in [1.29, 1.82) is 0 Å². The summed E-state index contributed by atoms with van der Waals surface area (Å²) in [7, 11) is -2.44. The largest absolute Gasteiger partial charge is 0.317 e. The lowest BCUT2D eigenvalue weighted by molar-refractivity contribution is 0.585. The molecule has 0 saturated heterocycles. The molecule has 0 saturated carbocycles. The van der Waals surface area contributed by atoms with Crippen LogP contribution in [0.3, 0.4) is 0 Å². The molecule has 2 aromatic carbocycles. The van der Waals surface area contributed by atoms with Crippen molar-refractivity contribution >= 4 is 17.8 Å². The molecule has 0 amide bonds. The molecule has 0 spiro atoms. The van der Waals surface area contributed by atoms with Crippen molar-refractivity contribution in [1.82, 2.24) is 5.32 Å². The van der Waals surface area contributed by atoms with E-state index < -0.39 is 7.14 Å². The average molecular weight is 388 g/mol. The summed E-state index contributed by atoms with van der Waals surface area (Å²) in [4.78, 5) is 0. The van der Waals surface area contributed by atoms with Crippen LogP contribution in [0, 0.1) is 0 Å². The van der Waals surface area contributed by atoms with Crippen LogP contribution in [0.25, 0.3) is 0 Å². The third-order valence-corrected chi connectivity index (χ3v) is 7.80. The number of unbranched alkanes of at least 4 members (excludes halogenated alkanes) is 3. The van der Waals surface area contributed by atoms with Gasteiger partial charge in [-0.2, -0.15) is 0 Å². The summed E-state index contributed by atoms with van der Waals surface area (Å²) in [6, 6.07) is 19.8. The fourth-order valence-electron chi connectivity index (χ4n) is 2.85. The van der Waals surface area contributed by atoms with Crippen molar-refractivity contribution in [2.45, 2.75) is 59.3 Å². The Morgan fingerprint density at radius 2 is 1.07 bits per heavy atom. The van der Waals surface area contributed by atoms with Crippen LogP contribution in [-0.2, 0) is 4.57 Å². The minimum atomic E-state index is -2.44. The predicted molar refractivity (Wildman–Crippen MR) is 122 cm³/mol. The summed E-state index contributed by atoms with van der Waals surface area (Å²) in [6.45, 7) is 9.00. The number of hydrogen-bond acceptors (Lipinski definition) is 2. The van der Waals surface area contributed by atoms with E-state index in [0.29, 0.717) is 0 Å². The van der Waals surface area contributed by atoms with Crippen LogP contribution in [0.5, 0.6) is 0 Å². The molecule has 2 rings (SSSR count). The first-order valence-corrected chi connectivity index (χ1v) is 12.5. The Morgan fingerprint density at radius 3 is 1.44 bits per heavy atom. The lowest BCUT2D eigenvalue weighted by atomic mass is 10.3. The molecule has 0 bridgehead atoms. The molecular formula is C24H38NOP. The predicted octanol–water partition coefficient (Wildman–Crippen LogP) is 5.98. The van der Waals surface area contributed by atoms with Crippen molar-refractivity contribution in [3.63, 3.8) is 0 Å². The van der Waals surface area contributed by atoms with Gasteiger partial charge in [0, 0.05) is 16.8 Å². The molecular weight excluding hydrogens is 349 g/mol. The fraction of sp³-hybridized carbons (Fsp3) is 0.500. The third kappa shape index (κ3) is 8.91. The van der Waals surface area contributed by atoms with E-state index in [2.05, 4.69) is 26.1 Å². The zero-order valence-corrected chi connectivity index (χ0v) is 18.4. The first-order valence-electron chi connectivity index (χ1n) is 10.6. The van der Waals surface area contributed by atoms with Crippen molar-refractivity contribution < 1.29 is 4.57 Å². The van der Waals surface area contributed by atoms with Gasteiger partial charge in [0.1, 0.15) is 7.14 Å². The Balaban J connectivity index is 0.000000345. The monoisotopic (exact) mass is 387 g/mol. The van der Waals surface area contributed by atoms with Gasteiger partial charge in [0.25, 0.3) is 0 Å². The molecule has 0 aliphatic carbocycles. The average Bonchev–Trinajstić information content (AvgIpc) is 2.74. The molecule has 3 heteroatoms. The highest BCUT2D eigenvalue weighted by molar-refractivity contribution is 7.78. The van der Waals surface area contributed by atoms with Gasteiger partial charge in [-0.1, -0.05) is 101 Å². The van der Waals surface area contributed by atoms with E-state index in [4.69, 9.17) is 0 Å². The van der Waals surface area contributed by atoms with E-state index in [0.717, 1.165) is 29.6 Å². The zero-order valence-electron chi connectivity index (χ0n) is 17.5. The Bertz CT molecular complexity index is 578. The molecule has 0 radical (unpaired) electrons. The maximum Gasteiger partial charge on any atom is 0.143 e. The van der Waals surface area contributed by atoms with Crippen molar-refractivity contribution in [2.75, 3.05) is 19.3 Å². The minimum absolute atomic E-state index is 0.761. The van der Waals surface area contributed by atoms with Crippen LogP contribution in [0.4, 0.5) is 0 Å². The van der Waals surface area contributed by atoms with Crippen LogP contribution in [-0.4, -0.2) is 19.3 Å². The van der Waals surface area contributed by atoms with E-state index in [1.54, 1.807) is 0 Å². The Kier molecular flexibility index (Phi) is 12.9. The van der Waals surface area contributed by atoms with Gasteiger partial charge in [0.2, 0.25) is 0 Å². The number of rotatable bonds is 11. The van der Waals surface area contributed by atoms with E-state index in [1.165, 1.54) is 38.8 Å². The molecule has 2 aromatic rings. The van der Waals surface area contributed by atoms with Crippen molar-refractivity contribution in [2.24, 2.45) is 0 Å². The summed E-state index contributed by atoms with van der Waals surface area (Å²) in [5.74, 6) is 0. The van der Waals surface area contributed by atoms with Gasteiger partial charge in [0.15, 0.2) is 0 Å². The molecule has 0 unspecified atom stereocenters. The number of benzene rings is 2. The van der Waals surface area contributed by atoms with Crippen LogP contribution in [0.15, 0.2) is 60.7 Å². The summed E-state index contributed by atoms with van der Waals surface area (Å²) >= 11 is 0. The molecule has 0 fully saturated rings. The lowest BCUT2D eigenvalue weighted by Gasteiger charge is -2.19. The second-order valence-electron chi connectivity index (χ2n) is 6.95. The summed E-state index contributed by atoms with van der Waals surface area (Å²) in [5, 5.41) is 5.34. The quantitative estimate of drug-likeness (QED) is 0.380. The van der Waals surface area contributed by atoms with Gasteiger partial charge in [-0.15, -0.1) is 0 Å². The molecule has 0 aliphatic heterocycles. The summed E-state index contributed by atoms with van der Waals surface area (Å²) in [5.41, 5.74) is 0. The molecule has 0 heterocycles. The second-order valence-corrected chi connectivity index (χ2v) is 9.90. The van der Waals surface area contributed by atoms with Gasteiger partial charge < -0.3 is 9.88 Å². The Hall–Kier alpha value is -1.37. The lowest BCUT2D eigenvalue weighted by Crippen LogP contribution is -2.18. The molecule has 150 valence electrons. The first-order chi connectivity index (χ1) is 13.2. The van der Waals surface area contributed by atoms with E-state index in [9.17, 15) is 4.57 Å². The molecule has 0 aromatic heterocycles. The normalized spacial score (nSPS) is 10.9. The minimum Gasteiger partial charge on any atom is -0.317 e. The highest BCUT2D eigenvalue weighted by atomic mass is 31.2. The standard InChI is InChI=1S/C16H19OP.C8H19N/c1-2-3-14-18(17,15-10-6-4-7-11-15)16-12-8-5-9-13-16;1-3-5-7-9-8-6-4-2/h4-13H,2-3,14H2,1H3;9H,3-8H2,1-2H3. The van der Waals surface area contributed by atoms with Crippen LogP contribution in [0.1, 0.15) is 59.3 Å². The number of nitrogens with one attached hydrogen (secondary N) is 1. The van der Waals surface area contributed by atoms with Crippen LogP contribution in [0.2, 0.25) is 0 Å². The zero-order chi connectivity index (χ0) is 19.8. The van der Waals surface area contributed by atoms with Gasteiger partial charge in [0.05, 0.1) is 0 Å². The molecule has 1 N–H and O–H groups in total. The fourth-order valence-corrected chi connectivity index (χ4v) is 5.74. The maximum absolute atomic E-state index is 13.4. The molecule has 0 aliphatic rings. The summed E-state index contributed by atoms with van der Waals surface area (Å²) < 4.78 is 13.4. The van der Waals surface area contributed by atoms with E-state index in [1.807, 2.05) is 60.7 Å². The molecule has 2 nitrogen and oxygen atoms in total. The van der Waals surface area contributed by atoms with Crippen LogP contribution >= 0.6 is 7.14 Å².